The van der Waals surface area contributed by atoms with E-state index in [2.05, 4.69) is 39.8 Å². The second-order valence-corrected chi connectivity index (χ2v) is 10.5. The van der Waals surface area contributed by atoms with Crippen molar-refractivity contribution in [3.05, 3.63) is 87.6 Å². The van der Waals surface area contributed by atoms with E-state index in [1.54, 1.807) is 0 Å². The molecular formula is C31H39ClO4. The summed E-state index contributed by atoms with van der Waals surface area (Å²) in [4.78, 5) is 23.8. The number of benzene rings is 1. The van der Waals surface area contributed by atoms with Crippen LogP contribution in [-0.2, 0) is 20.9 Å². The van der Waals surface area contributed by atoms with Crippen LogP contribution >= 0.6 is 11.6 Å². The number of carbonyl (C=O) groups excluding carboxylic acids is 2. The number of carbonyl (C=O) groups is 2. The number of hydrogen-bond donors (Lipinski definition) is 0. The molecule has 1 aliphatic carbocycles. The second-order valence-electron chi connectivity index (χ2n) is 10.2. The number of hydrogen-bond acceptors (Lipinski definition) is 4. The molecule has 0 aliphatic heterocycles. The van der Waals surface area contributed by atoms with Crippen LogP contribution < -0.4 is 4.74 Å². The molecule has 0 unspecified atom stereocenters. The highest BCUT2D eigenvalue weighted by Gasteiger charge is 2.26. The van der Waals surface area contributed by atoms with E-state index in [4.69, 9.17) is 21.1 Å². The highest BCUT2D eigenvalue weighted by Crippen LogP contribution is 2.40. The van der Waals surface area contributed by atoms with Crippen molar-refractivity contribution in [1.29, 1.82) is 0 Å². The zero-order valence-corrected chi connectivity index (χ0v) is 23.4. The third-order valence-electron chi connectivity index (χ3n) is 6.35. The molecule has 4 nitrogen and oxygen atoms in total. The SMILES string of the molecule is CC1=C(/C=C/C(C)=C/C=C/C(C)=C/C(=O)OCc2cc(C)c(OC(=O)CCl)c(C)c2)C(C)(C)CCC1. The molecule has 194 valence electrons. The number of alkyl halides is 1. The maximum Gasteiger partial charge on any atom is 0.331 e. The highest BCUT2D eigenvalue weighted by atomic mass is 35.5. The Balaban J connectivity index is 1.94. The van der Waals surface area contributed by atoms with Gasteiger partial charge in [-0.25, -0.2) is 4.79 Å². The quantitative estimate of drug-likeness (QED) is 0.111. The Morgan fingerprint density at radius 1 is 1.06 bits per heavy atom. The maximum absolute atomic E-state index is 12.3. The van der Waals surface area contributed by atoms with Crippen molar-refractivity contribution in [1.82, 2.24) is 0 Å². The lowest BCUT2D eigenvalue weighted by Crippen LogP contribution is -2.19. The van der Waals surface area contributed by atoms with Gasteiger partial charge in [0.2, 0.25) is 0 Å². The number of ether oxygens (including phenoxy) is 2. The fraction of sp³-hybridized carbons (Fsp3) is 0.419. The van der Waals surface area contributed by atoms with Gasteiger partial charge in [0.15, 0.2) is 0 Å². The topological polar surface area (TPSA) is 52.6 Å². The standard InChI is InChI=1S/C31H39ClO4/c1-21(13-14-27-23(3)12-9-15-31(27,6)7)10-8-11-22(2)16-28(33)35-20-26-17-24(4)30(25(5)18-26)36-29(34)19-32/h8,10-11,13-14,16-18H,9,12,15,19-20H2,1-7H3/b11-8+,14-13+,21-10+,22-16+. The highest BCUT2D eigenvalue weighted by molar-refractivity contribution is 6.26. The fourth-order valence-electron chi connectivity index (χ4n) is 4.49. The average molecular weight is 511 g/mol. The number of allylic oxidation sites excluding steroid dienone is 9. The van der Waals surface area contributed by atoms with Crippen molar-refractivity contribution in [2.45, 2.75) is 74.3 Å². The molecule has 0 saturated heterocycles. The van der Waals surface area contributed by atoms with Crippen molar-refractivity contribution in [2.24, 2.45) is 5.41 Å². The zero-order chi connectivity index (χ0) is 26.9. The van der Waals surface area contributed by atoms with Crippen LogP contribution in [0.25, 0.3) is 0 Å². The summed E-state index contributed by atoms with van der Waals surface area (Å²) < 4.78 is 10.7. The normalized spacial score (nSPS) is 16.7. The number of rotatable bonds is 9. The molecule has 0 bridgehead atoms. The lowest BCUT2D eigenvalue weighted by atomic mass is 9.72. The van der Waals surface area contributed by atoms with Crippen LogP contribution in [0.3, 0.4) is 0 Å². The van der Waals surface area contributed by atoms with Gasteiger partial charge in [0.25, 0.3) is 0 Å². The van der Waals surface area contributed by atoms with Gasteiger partial charge in [0, 0.05) is 6.08 Å². The Morgan fingerprint density at radius 2 is 1.72 bits per heavy atom. The molecule has 36 heavy (non-hydrogen) atoms. The van der Waals surface area contributed by atoms with Crippen molar-refractivity contribution >= 4 is 23.5 Å². The van der Waals surface area contributed by atoms with Crippen LogP contribution in [0.4, 0.5) is 0 Å². The first kappa shape index (κ1) is 29.4. The zero-order valence-electron chi connectivity index (χ0n) is 22.7. The first-order valence-electron chi connectivity index (χ1n) is 12.4. The van der Waals surface area contributed by atoms with E-state index in [0.717, 1.165) is 27.8 Å². The van der Waals surface area contributed by atoms with Gasteiger partial charge in [0.1, 0.15) is 18.2 Å². The summed E-state index contributed by atoms with van der Waals surface area (Å²) in [5.41, 5.74) is 7.49. The predicted octanol–water partition coefficient (Wildman–Crippen LogP) is 8.02. The van der Waals surface area contributed by atoms with Gasteiger partial charge in [-0.05, 0) is 99.3 Å². The molecule has 1 aromatic carbocycles. The van der Waals surface area contributed by atoms with Gasteiger partial charge in [-0.15, -0.1) is 11.6 Å². The molecular weight excluding hydrogens is 472 g/mol. The van der Waals surface area contributed by atoms with Crippen LogP contribution in [0.5, 0.6) is 5.75 Å². The van der Waals surface area contributed by atoms with E-state index < -0.39 is 11.9 Å². The number of aryl methyl sites for hydroxylation is 2. The average Bonchev–Trinajstić information content (AvgIpc) is 2.79. The molecule has 1 aliphatic rings. The minimum Gasteiger partial charge on any atom is -0.458 e. The molecule has 0 fully saturated rings. The van der Waals surface area contributed by atoms with E-state index in [9.17, 15) is 9.59 Å². The van der Waals surface area contributed by atoms with Crippen molar-refractivity contribution in [3.8, 4) is 5.75 Å². The molecule has 0 atom stereocenters. The Bertz CT molecular complexity index is 1110. The Labute approximate surface area is 221 Å². The largest absolute Gasteiger partial charge is 0.458 e. The minimum atomic E-state index is -0.502. The molecule has 0 aromatic heterocycles. The van der Waals surface area contributed by atoms with E-state index in [0.29, 0.717) is 5.75 Å². The lowest BCUT2D eigenvalue weighted by molar-refractivity contribution is -0.139. The van der Waals surface area contributed by atoms with Crippen molar-refractivity contribution in [3.63, 3.8) is 0 Å². The number of halogens is 1. The van der Waals surface area contributed by atoms with E-state index in [-0.39, 0.29) is 17.9 Å². The van der Waals surface area contributed by atoms with Crippen LogP contribution in [0.1, 0.15) is 70.6 Å². The Hall–Kier alpha value is -2.85. The Kier molecular flexibility index (Phi) is 11.0. The molecule has 0 radical (unpaired) electrons. The van der Waals surface area contributed by atoms with Gasteiger partial charge in [-0.2, -0.15) is 0 Å². The summed E-state index contributed by atoms with van der Waals surface area (Å²) in [5, 5.41) is 0. The number of esters is 2. The monoisotopic (exact) mass is 510 g/mol. The minimum absolute atomic E-state index is 0.132. The molecule has 0 amide bonds. The fourth-order valence-corrected chi connectivity index (χ4v) is 4.54. The third kappa shape index (κ3) is 8.98. The Morgan fingerprint density at radius 3 is 2.33 bits per heavy atom. The van der Waals surface area contributed by atoms with Gasteiger partial charge >= 0.3 is 11.9 Å². The molecule has 0 heterocycles. The van der Waals surface area contributed by atoms with Gasteiger partial charge in [-0.1, -0.05) is 55.4 Å². The van der Waals surface area contributed by atoms with Crippen LogP contribution in [-0.4, -0.2) is 17.8 Å². The predicted molar refractivity (Wildman–Crippen MR) is 148 cm³/mol. The molecule has 0 N–H and O–H groups in total. The van der Waals surface area contributed by atoms with Gasteiger partial charge in [0.05, 0.1) is 0 Å². The lowest BCUT2D eigenvalue weighted by Gasteiger charge is -2.32. The third-order valence-corrected chi connectivity index (χ3v) is 6.56. The molecule has 0 spiro atoms. The van der Waals surface area contributed by atoms with Crippen LogP contribution in [0.2, 0.25) is 0 Å². The van der Waals surface area contributed by atoms with E-state index in [1.165, 1.54) is 36.5 Å². The van der Waals surface area contributed by atoms with Gasteiger partial charge < -0.3 is 9.47 Å². The van der Waals surface area contributed by atoms with Gasteiger partial charge in [-0.3, -0.25) is 4.79 Å². The van der Waals surface area contributed by atoms with Crippen molar-refractivity contribution in [2.75, 3.05) is 5.88 Å². The van der Waals surface area contributed by atoms with Crippen LogP contribution in [0.15, 0.2) is 70.9 Å². The molecule has 5 heteroatoms. The van der Waals surface area contributed by atoms with Crippen LogP contribution in [0, 0.1) is 19.3 Å². The van der Waals surface area contributed by atoms with E-state index >= 15 is 0 Å². The van der Waals surface area contributed by atoms with Crippen molar-refractivity contribution < 1.29 is 19.1 Å². The first-order valence-corrected chi connectivity index (χ1v) is 12.9. The maximum atomic E-state index is 12.3. The summed E-state index contributed by atoms with van der Waals surface area (Å²) in [6.45, 7) is 14.6. The molecule has 1 aromatic rings. The molecule has 0 saturated carbocycles. The summed E-state index contributed by atoms with van der Waals surface area (Å²) in [6, 6.07) is 3.67. The summed E-state index contributed by atoms with van der Waals surface area (Å²) in [5.74, 6) is -0.630. The smallest absolute Gasteiger partial charge is 0.331 e. The van der Waals surface area contributed by atoms with E-state index in [1.807, 2.05) is 51.1 Å². The summed E-state index contributed by atoms with van der Waals surface area (Å²) >= 11 is 5.52. The second kappa shape index (κ2) is 13.5. The summed E-state index contributed by atoms with van der Waals surface area (Å²) in [7, 11) is 0. The first-order chi connectivity index (χ1) is 16.9. The summed E-state index contributed by atoms with van der Waals surface area (Å²) in [6.07, 6.45) is 15.4. The molecule has 2 rings (SSSR count).